The Morgan fingerprint density at radius 1 is 1.27 bits per heavy atom. The fraction of sp³-hybridized carbons (Fsp3) is 1.00. The van der Waals surface area contributed by atoms with Gasteiger partial charge in [-0.2, -0.15) is 0 Å². The standard InChI is InChI=1S/C11H23NO2S/c1-3-7-15(13,14)11-8-9(4-2)5-6-10(11)12/h9-11H,3-8,12H2,1-2H3. The molecular formula is C11H23NO2S. The van der Waals surface area contributed by atoms with Gasteiger partial charge in [-0.25, -0.2) is 8.42 Å². The SMILES string of the molecule is CCCS(=O)(=O)C1CC(CC)CCC1N. The summed E-state index contributed by atoms with van der Waals surface area (Å²) < 4.78 is 24.0. The van der Waals surface area contributed by atoms with Crippen molar-refractivity contribution in [3.05, 3.63) is 0 Å². The van der Waals surface area contributed by atoms with E-state index in [0.717, 1.165) is 25.7 Å². The summed E-state index contributed by atoms with van der Waals surface area (Å²) in [6.07, 6.45) is 4.51. The fourth-order valence-corrected chi connectivity index (χ4v) is 4.56. The van der Waals surface area contributed by atoms with E-state index in [1.54, 1.807) is 0 Å². The van der Waals surface area contributed by atoms with Crippen molar-refractivity contribution in [2.75, 3.05) is 5.75 Å². The molecule has 0 spiro atoms. The molecular weight excluding hydrogens is 210 g/mol. The summed E-state index contributed by atoms with van der Waals surface area (Å²) in [5.74, 6) is 0.850. The molecule has 3 unspecified atom stereocenters. The van der Waals surface area contributed by atoms with Crippen molar-refractivity contribution in [3.63, 3.8) is 0 Å². The zero-order valence-electron chi connectivity index (χ0n) is 9.78. The Hall–Kier alpha value is -0.0900. The molecule has 0 aromatic heterocycles. The molecule has 0 amide bonds. The Balaban J connectivity index is 2.73. The summed E-state index contributed by atoms with van der Waals surface area (Å²) in [7, 11) is -2.95. The van der Waals surface area contributed by atoms with E-state index in [1.807, 2.05) is 6.92 Å². The maximum Gasteiger partial charge on any atom is 0.154 e. The molecule has 2 N–H and O–H groups in total. The topological polar surface area (TPSA) is 60.2 Å². The smallest absolute Gasteiger partial charge is 0.154 e. The largest absolute Gasteiger partial charge is 0.327 e. The highest BCUT2D eigenvalue weighted by Gasteiger charge is 2.35. The van der Waals surface area contributed by atoms with E-state index in [2.05, 4.69) is 6.92 Å². The minimum atomic E-state index is -2.95. The maximum atomic E-state index is 12.0. The first kappa shape index (κ1) is 13.0. The molecule has 15 heavy (non-hydrogen) atoms. The van der Waals surface area contributed by atoms with Crippen LogP contribution in [-0.2, 0) is 9.84 Å². The van der Waals surface area contributed by atoms with E-state index in [0.29, 0.717) is 18.1 Å². The first-order valence-corrected chi connectivity index (χ1v) is 7.70. The second-order valence-corrected chi connectivity index (χ2v) is 7.00. The lowest BCUT2D eigenvalue weighted by Crippen LogP contribution is -2.45. The minimum Gasteiger partial charge on any atom is -0.327 e. The second-order valence-electron chi connectivity index (χ2n) is 4.66. The molecule has 4 heteroatoms. The summed E-state index contributed by atoms with van der Waals surface area (Å²) in [4.78, 5) is 0. The number of sulfone groups is 1. The molecule has 3 nitrogen and oxygen atoms in total. The molecule has 0 bridgehead atoms. The van der Waals surface area contributed by atoms with Crippen molar-refractivity contribution in [2.24, 2.45) is 11.7 Å². The monoisotopic (exact) mass is 233 g/mol. The molecule has 0 aliphatic heterocycles. The normalized spacial score (nSPS) is 32.9. The maximum absolute atomic E-state index is 12.0. The van der Waals surface area contributed by atoms with Crippen LogP contribution in [0.4, 0.5) is 0 Å². The Morgan fingerprint density at radius 3 is 2.47 bits per heavy atom. The highest BCUT2D eigenvalue weighted by atomic mass is 32.2. The molecule has 90 valence electrons. The minimum absolute atomic E-state index is 0.135. The highest BCUT2D eigenvalue weighted by Crippen LogP contribution is 2.30. The molecule has 0 saturated heterocycles. The van der Waals surface area contributed by atoms with E-state index >= 15 is 0 Å². The average Bonchev–Trinajstić information content (AvgIpc) is 2.18. The van der Waals surface area contributed by atoms with Crippen LogP contribution in [0, 0.1) is 5.92 Å². The van der Waals surface area contributed by atoms with Crippen LogP contribution in [0.1, 0.15) is 46.0 Å². The zero-order chi connectivity index (χ0) is 11.5. The average molecular weight is 233 g/mol. The van der Waals surface area contributed by atoms with Crippen LogP contribution in [0.25, 0.3) is 0 Å². The molecule has 1 aliphatic carbocycles. The third-order valence-electron chi connectivity index (χ3n) is 3.48. The first-order valence-electron chi connectivity index (χ1n) is 5.98. The summed E-state index contributed by atoms with van der Waals surface area (Å²) in [6, 6.07) is -0.135. The molecule has 3 atom stereocenters. The van der Waals surface area contributed by atoms with Gasteiger partial charge in [-0.3, -0.25) is 0 Å². The number of hydrogen-bond acceptors (Lipinski definition) is 3. The lowest BCUT2D eigenvalue weighted by molar-refractivity contribution is 0.319. The van der Waals surface area contributed by atoms with E-state index in [4.69, 9.17) is 5.73 Å². The van der Waals surface area contributed by atoms with Gasteiger partial charge in [0.05, 0.1) is 11.0 Å². The van der Waals surface area contributed by atoms with E-state index in [9.17, 15) is 8.42 Å². The first-order chi connectivity index (χ1) is 7.01. The van der Waals surface area contributed by atoms with Crippen LogP contribution >= 0.6 is 0 Å². The number of hydrogen-bond donors (Lipinski definition) is 1. The molecule has 0 aromatic carbocycles. The molecule has 1 fully saturated rings. The van der Waals surface area contributed by atoms with Crippen molar-refractivity contribution < 1.29 is 8.42 Å². The van der Waals surface area contributed by atoms with Crippen LogP contribution in [0.5, 0.6) is 0 Å². The zero-order valence-corrected chi connectivity index (χ0v) is 10.6. The quantitative estimate of drug-likeness (QED) is 0.804. The molecule has 0 aromatic rings. The third-order valence-corrected chi connectivity index (χ3v) is 5.92. The van der Waals surface area contributed by atoms with Gasteiger partial charge < -0.3 is 5.73 Å². The van der Waals surface area contributed by atoms with E-state index in [-0.39, 0.29) is 11.3 Å². The van der Waals surface area contributed by atoms with Gasteiger partial charge in [0, 0.05) is 6.04 Å². The van der Waals surface area contributed by atoms with Crippen LogP contribution in [0.15, 0.2) is 0 Å². The van der Waals surface area contributed by atoms with Gasteiger partial charge in [-0.15, -0.1) is 0 Å². The van der Waals surface area contributed by atoms with Gasteiger partial charge in [0.25, 0.3) is 0 Å². The lowest BCUT2D eigenvalue weighted by Gasteiger charge is -2.33. The molecule has 0 radical (unpaired) electrons. The van der Waals surface area contributed by atoms with Crippen molar-refractivity contribution >= 4 is 9.84 Å². The Bertz CT molecular complexity index is 287. The lowest BCUT2D eigenvalue weighted by atomic mass is 9.84. The highest BCUT2D eigenvalue weighted by molar-refractivity contribution is 7.92. The van der Waals surface area contributed by atoms with Gasteiger partial charge in [-0.1, -0.05) is 20.3 Å². The number of rotatable bonds is 4. The molecule has 1 rings (SSSR count). The van der Waals surface area contributed by atoms with Gasteiger partial charge >= 0.3 is 0 Å². The molecule has 1 saturated carbocycles. The van der Waals surface area contributed by atoms with Crippen molar-refractivity contribution in [2.45, 2.75) is 57.2 Å². The summed E-state index contributed by atoms with van der Waals surface area (Å²) in [6.45, 7) is 4.04. The van der Waals surface area contributed by atoms with Gasteiger partial charge in [0.2, 0.25) is 0 Å². The predicted molar refractivity (Wildman–Crippen MR) is 63.5 cm³/mol. The van der Waals surface area contributed by atoms with Gasteiger partial charge in [0.1, 0.15) is 0 Å². The van der Waals surface area contributed by atoms with Crippen LogP contribution < -0.4 is 5.73 Å². The molecule has 1 aliphatic rings. The van der Waals surface area contributed by atoms with Crippen LogP contribution in [0.3, 0.4) is 0 Å². The van der Waals surface area contributed by atoms with Gasteiger partial charge in [0.15, 0.2) is 9.84 Å². The van der Waals surface area contributed by atoms with E-state index in [1.165, 1.54) is 0 Å². The van der Waals surface area contributed by atoms with Crippen LogP contribution in [0.2, 0.25) is 0 Å². The summed E-state index contributed by atoms with van der Waals surface area (Å²) in [5, 5.41) is -0.281. The second kappa shape index (κ2) is 5.30. The Morgan fingerprint density at radius 2 is 1.93 bits per heavy atom. The fourth-order valence-electron chi connectivity index (χ4n) is 2.45. The van der Waals surface area contributed by atoms with Gasteiger partial charge in [-0.05, 0) is 31.6 Å². The predicted octanol–water partition coefficient (Wildman–Crippen LogP) is 1.72. The van der Waals surface area contributed by atoms with Crippen LogP contribution in [-0.4, -0.2) is 25.5 Å². The van der Waals surface area contributed by atoms with Crippen molar-refractivity contribution in [1.29, 1.82) is 0 Å². The third kappa shape index (κ3) is 3.18. The molecule has 0 heterocycles. The van der Waals surface area contributed by atoms with Crippen molar-refractivity contribution in [3.8, 4) is 0 Å². The van der Waals surface area contributed by atoms with E-state index < -0.39 is 9.84 Å². The number of nitrogens with two attached hydrogens (primary N) is 1. The summed E-state index contributed by atoms with van der Waals surface area (Å²) in [5.41, 5.74) is 5.93. The summed E-state index contributed by atoms with van der Waals surface area (Å²) >= 11 is 0. The van der Waals surface area contributed by atoms with Crippen molar-refractivity contribution in [1.82, 2.24) is 0 Å². The Kier molecular flexibility index (Phi) is 4.59. The Labute approximate surface area is 93.3 Å².